The third-order valence-electron chi connectivity index (χ3n) is 3.73. The Kier molecular flexibility index (Phi) is 2.75. The molecule has 0 bridgehead atoms. The van der Waals surface area contributed by atoms with Crippen LogP contribution < -0.4 is 16.4 Å². The molecule has 0 fully saturated rings. The fourth-order valence-corrected chi connectivity index (χ4v) is 2.82. The summed E-state index contributed by atoms with van der Waals surface area (Å²) in [6.45, 7) is 2.32. The molecule has 2 aromatic carbocycles. The molecule has 0 saturated carbocycles. The lowest BCUT2D eigenvalue weighted by Gasteiger charge is -2.39. The van der Waals surface area contributed by atoms with Crippen LogP contribution in [0.15, 0.2) is 30.3 Å². The Bertz CT molecular complexity index is 612. The molecule has 5 N–H and O–H groups in total. The van der Waals surface area contributed by atoms with Crippen LogP contribution >= 0.6 is 0 Å². The summed E-state index contributed by atoms with van der Waals surface area (Å²) >= 11 is 0. The van der Waals surface area contributed by atoms with Gasteiger partial charge in [-0.05, 0) is 38.0 Å². The molecule has 0 aromatic heterocycles. The Hall–Kier alpha value is -1.94. The number of hydrogen-bond donors (Lipinski definition) is 4. The zero-order valence-electron chi connectivity index (χ0n) is 11.0. The molecule has 0 radical (unpaired) electrons. The lowest BCUT2D eigenvalue weighted by Crippen LogP contribution is -2.45. The highest BCUT2D eigenvalue weighted by atomic mass is 16.2. The molecule has 1 aliphatic rings. The Balaban J connectivity index is 2.09. The molecule has 4 heteroatoms. The lowest BCUT2D eigenvalue weighted by molar-refractivity contribution is 0.274. The number of aliphatic hydroxyl groups excluding tert-OH is 1. The van der Waals surface area contributed by atoms with E-state index >= 15 is 0 Å². The monoisotopic (exact) mass is 257 g/mol. The molecular weight excluding hydrogens is 238 g/mol. The maximum absolute atomic E-state index is 9.02. The first-order valence-corrected chi connectivity index (χ1v) is 6.61. The maximum Gasteiger partial charge on any atom is 0.105 e. The van der Waals surface area contributed by atoms with Crippen LogP contribution in [0.1, 0.15) is 19.8 Å². The van der Waals surface area contributed by atoms with Gasteiger partial charge in [0, 0.05) is 34.4 Å². The number of rotatable bonds is 3. The second-order valence-corrected chi connectivity index (χ2v) is 5.34. The van der Waals surface area contributed by atoms with Crippen LogP contribution in [0.2, 0.25) is 0 Å². The van der Waals surface area contributed by atoms with Crippen molar-refractivity contribution < 1.29 is 5.11 Å². The molecular formula is C15H19N3O. The fraction of sp³-hybridized carbons (Fsp3) is 0.333. The summed E-state index contributed by atoms with van der Waals surface area (Å²) in [5, 5.41) is 18.3. The molecule has 1 aliphatic heterocycles. The smallest absolute Gasteiger partial charge is 0.105 e. The van der Waals surface area contributed by atoms with Crippen molar-refractivity contribution in [1.29, 1.82) is 0 Å². The number of nitrogens with two attached hydrogens (primary N) is 1. The molecule has 0 saturated heterocycles. The second kappa shape index (κ2) is 4.31. The van der Waals surface area contributed by atoms with Crippen LogP contribution in [0.3, 0.4) is 0 Å². The SMILES string of the molecule is CC1(CCCO)Nc2cccc3c(N)ccc(c23)N1. The highest BCUT2D eigenvalue weighted by Gasteiger charge is 2.29. The van der Waals surface area contributed by atoms with Crippen molar-refractivity contribution in [2.24, 2.45) is 0 Å². The summed E-state index contributed by atoms with van der Waals surface area (Å²) in [4.78, 5) is 0. The maximum atomic E-state index is 9.02. The van der Waals surface area contributed by atoms with Crippen LogP contribution in [-0.2, 0) is 0 Å². The number of nitrogen functional groups attached to an aromatic ring is 1. The van der Waals surface area contributed by atoms with Crippen molar-refractivity contribution in [2.75, 3.05) is 23.0 Å². The molecule has 19 heavy (non-hydrogen) atoms. The Morgan fingerprint density at radius 1 is 1.16 bits per heavy atom. The molecule has 0 amide bonds. The average Bonchev–Trinajstić information content (AvgIpc) is 2.40. The van der Waals surface area contributed by atoms with Crippen LogP contribution in [-0.4, -0.2) is 17.4 Å². The number of anilines is 3. The normalized spacial score (nSPS) is 20.9. The molecule has 4 nitrogen and oxygen atoms in total. The first-order valence-electron chi connectivity index (χ1n) is 6.61. The van der Waals surface area contributed by atoms with Gasteiger partial charge in [0.2, 0.25) is 0 Å². The minimum atomic E-state index is -0.236. The summed E-state index contributed by atoms with van der Waals surface area (Å²) in [6, 6.07) is 10.1. The van der Waals surface area contributed by atoms with E-state index in [1.165, 1.54) is 0 Å². The first kappa shape index (κ1) is 12.1. The van der Waals surface area contributed by atoms with Crippen LogP contribution in [0, 0.1) is 0 Å². The Morgan fingerprint density at radius 2 is 1.89 bits per heavy atom. The third-order valence-corrected chi connectivity index (χ3v) is 3.73. The van der Waals surface area contributed by atoms with E-state index in [0.717, 1.165) is 40.7 Å². The van der Waals surface area contributed by atoms with Gasteiger partial charge < -0.3 is 21.5 Å². The minimum Gasteiger partial charge on any atom is -0.398 e. The van der Waals surface area contributed by atoms with Crippen molar-refractivity contribution in [3.8, 4) is 0 Å². The Labute approximate surface area is 112 Å². The van der Waals surface area contributed by atoms with Crippen LogP contribution in [0.4, 0.5) is 17.1 Å². The summed E-state index contributed by atoms with van der Waals surface area (Å²) in [5.74, 6) is 0. The highest BCUT2D eigenvalue weighted by molar-refractivity contribution is 6.09. The van der Waals surface area contributed by atoms with E-state index in [1.54, 1.807) is 0 Å². The molecule has 1 unspecified atom stereocenters. The summed E-state index contributed by atoms with van der Waals surface area (Å²) < 4.78 is 0. The molecule has 100 valence electrons. The molecule has 1 atom stereocenters. The van der Waals surface area contributed by atoms with Gasteiger partial charge in [-0.3, -0.25) is 0 Å². The largest absolute Gasteiger partial charge is 0.398 e. The minimum absolute atomic E-state index is 0.206. The Morgan fingerprint density at radius 3 is 2.63 bits per heavy atom. The first-order chi connectivity index (χ1) is 9.13. The number of hydrogen-bond acceptors (Lipinski definition) is 4. The quantitative estimate of drug-likeness (QED) is 0.638. The van der Waals surface area contributed by atoms with E-state index < -0.39 is 0 Å². The van der Waals surface area contributed by atoms with Crippen molar-refractivity contribution in [1.82, 2.24) is 0 Å². The van der Waals surface area contributed by atoms with Crippen molar-refractivity contribution in [2.45, 2.75) is 25.4 Å². The zero-order valence-corrected chi connectivity index (χ0v) is 11.0. The molecule has 1 heterocycles. The van der Waals surface area contributed by atoms with Crippen molar-refractivity contribution in [3.63, 3.8) is 0 Å². The van der Waals surface area contributed by atoms with Crippen molar-refractivity contribution in [3.05, 3.63) is 30.3 Å². The number of benzene rings is 2. The third kappa shape index (κ3) is 1.98. The van der Waals surface area contributed by atoms with Gasteiger partial charge in [-0.15, -0.1) is 0 Å². The van der Waals surface area contributed by atoms with E-state index in [4.69, 9.17) is 10.8 Å². The van der Waals surface area contributed by atoms with Gasteiger partial charge in [0.25, 0.3) is 0 Å². The fourth-order valence-electron chi connectivity index (χ4n) is 2.82. The topological polar surface area (TPSA) is 70.3 Å². The van der Waals surface area contributed by atoms with Crippen LogP contribution in [0.25, 0.3) is 10.8 Å². The van der Waals surface area contributed by atoms with Gasteiger partial charge in [0.05, 0.1) is 0 Å². The number of nitrogens with one attached hydrogen (secondary N) is 2. The molecule has 3 rings (SSSR count). The molecule has 2 aromatic rings. The van der Waals surface area contributed by atoms with E-state index in [0.29, 0.717) is 0 Å². The standard InChI is InChI=1S/C15H19N3O/c1-15(8-3-9-19)17-12-5-2-4-10-11(16)6-7-13(18-15)14(10)12/h2,4-7,17-19H,3,8-9,16H2,1H3. The van der Waals surface area contributed by atoms with E-state index in [1.807, 2.05) is 24.3 Å². The highest BCUT2D eigenvalue weighted by Crippen LogP contribution is 2.40. The van der Waals surface area contributed by atoms with E-state index in [-0.39, 0.29) is 12.3 Å². The summed E-state index contributed by atoms with van der Waals surface area (Å²) in [5.41, 5.74) is 8.78. The predicted molar refractivity (Wildman–Crippen MR) is 80.3 cm³/mol. The van der Waals surface area contributed by atoms with E-state index in [2.05, 4.69) is 23.6 Å². The predicted octanol–water partition coefficient (Wildman–Crippen LogP) is 2.75. The van der Waals surface area contributed by atoms with Gasteiger partial charge in [0.15, 0.2) is 0 Å². The summed E-state index contributed by atoms with van der Waals surface area (Å²) in [7, 11) is 0. The van der Waals surface area contributed by atoms with Gasteiger partial charge >= 0.3 is 0 Å². The van der Waals surface area contributed by atoms with E-state index in [9.17, 15) is 0 Å². The average molecular weight is 257 g/mol. The van der Waals surface area contributed by atoms with Crippen LogP contribution in [0.5, 0.6) is 0 Å². The van der Waals surface area contributed by atoms with Gasteiger partial charge in [-0.2, -0.15) is 0 Å². The summed E-state index contributed by atoms with van der Waals surface area (Å²) in [6.07, 6.45) is 1.61. The molecule has 0 aliphatic carbocycles. The lowest BCUT2D eigenvalue weighted by atomic mass is 9.96. The zero-order chi connectivity index (χ0) is 13.5. The van der Waals surface area contributed by atoms with Gasteiger partial charge in [-0.25, -0.2) is 0 Å². The van der Waals surface area contributed by atoms with Crippen molar-refractivity contribution >= 4 is 27.8 Å². The molecule has 0 spiro atoms. The number of aliphatic hydroxyl groups is 1. The second-order valence-electron chi connectivity index (χ2n) is 5.34. The van der Waals surface area contributed by atoms with Gasteiger partial charge in [-0.1, -0.05) is 12.1 Å². The van der Waals surface area contributed by atoms with Gasteiger partial charge in [0.1, 0.15) is 5.66 Å².